The van der Waals surface area contributed by atoms with E-state index in [0.717, 1.165) is 18.3 Å². The molecular weight excluding hydrogens is 249 g/mol. The van der Waals surface area contributed by atoms with Crippen molar-refractivity contribution in [3.8, 4) is 0 Å². The Balaban J connectivity index is 2.37. The highest BCUT2D eigenvalue weighted by Crippen LogP contribution is 2.55. The lowest BCUT2D eigenvalue weighted by atomic mass is 10.0. The van der Waals surface area contributed by atoms with Crippen LogP contribution in [0.3, 0.4) is 0 Å². The SMILES string of the molecule is C[C@H]1C[P@@](=S)(c2ccccc2)[C@@H](C)C/C1=N/O. The van der Waals surface area contributed by atoms with E-state index < -0.39 is 6.04 Å². The van der Waals surface area contributed by atoms with Gasteiger partial charge in [0.2, 0.25) is 0 Å². The van der Waals surface area contributed by atoms with E-state index in [0.29, 0.717) is 11.6 Å². The van der Waals surface area contributed by atoms with Gasteiger partial charge in [-0.15, -0.1) is 0 Å². The van der Waals surface area contributed by atoms with Crippen molar-refractivity contribution in [3.05, 3.63) is 30.3 Å². The van der Waals surface area contributed by atoms with Gasteiger partial charge >= 0.3 is 0 Å². The molecule has 0 bridgehead atoms. The van der Waals surface area contributed by atoms with Crippen molar-refractivity contribution in [2.75, 3.05) is 6.16 Å². The standard InChI is InChI=1S/C13H18NOPS/c1-10-9-16(17,11(2)8-13(10)14-15)12-6-4-3-5-7-12/h3-7,10-11,15H,8-9H2,1-2H3/b14-13-/t10-,11-,16-/m0/s1. The third kappa shape index (κ3) is 2.31. The molecule has 2 rings (SSSR count). The highest BCUT2D eigenvalue weighted by molar-refractivity contribution is 8.18. The molecule has 17 heavy (non-hydrogen) atoms. The molecule has 1 aliphatic heterocycles. The molecule has 0 spiro atoms. The Bertz CT molecular complexity index is 472. The van der Waals surface area contributed by atoms with Gasteiger partial charge in [-0.2, -0.15) is 0 Å². The van der Waals surface area contributed by atoms with Crippen LogP contribution < -0.4 is 5.30 Å². The molecule has 1 N–H and O–H groups in total. The Morgan fingerprint density at radius 1 is 1.29 bits per heavy atom. The summed E-state index contributed by atoms with van der Waals surface area (Å²) in [6.45, 7) is 4.32. The zero-order valence-corrected chi connectivity index (χ0v) is 11.9. The largest absolute Gasteiger partial charge is 0.411 e. The maximum Gasteiger partial charge on any atom is 0.0609 e. The summed E-state index contributed by atoms with van der Waals surface area (Å²) in [5.41, 5.74) is 1.34. The van der Waals surface area contributed by atoms with Gasteiger partial charge in [-0.1, -0.05) is 61.1 Å². The van der Waals surface area contributed by atoms with Crippen LogP contribution in [0.1, 0.15) is 20.3 Å². The molecule has 0 amide bonds. The van der Waals surface area contributed by atoms with Crippen LogP contribution in [-0.2, 0) is 11.8 Å². The van der Waals surface area contributed by atoms with Gasteiger partial charge in [0, 0.05) is 5.92 Å². The molecule has 3 atom stereocenters. The number of rotatable bonds is 1. The normalized spacial score (nSPS) is 36.0. The van der Waals surface area contributed by atoms with E-state index in [9.17, 15) is 0 Å². The van der Waals surface area contributed by atoms with Crippen molar-refractivity contribution in [3.63, 3.8) is 0 Å². The molecule has 1 fully saturated rings. The van der Waals surface area contributed by atoms with E-state index in [1.165, 1.54) is 5.30 Å². The molecule has 4 heteroatoms. The minimum absolute atomic E-state index is 0.308. The number of hydrogen-bond donors (Lipinski definition) is 1. The molecule has 0 aliphatic carbocycles. The van der Waals surface area contributed by atoms with Crippen LogP contribution in [0.4, 0.5) is 0 Å². The molecule has 1 saturated heterocycles. The van der Waals surface area contributed by atoms with Crippen molar-refractivity contribution < 1.29 is 5.21 Å². The van der Waals surface area contributed by atoms with E-state index in [1.807, 2.05) is 6.07 Å². The molecule has 1 aromatic carbocycles. The molecule has 2 nitrogen and oxygen atoms in total. The summed E-state index contributed by atoms with van der Waals surface area (Å²) in [5, 5.41) is 13.7. The van der Waals surface area contributed by atoms with Gasteiger partial charge in [-0.05, 0) is 29.6 Å². The maximum absolute atomic E-state index is 8.99. The quantitative estimate of drug-likeness (QED) is 0.482. The fourth-order valence-electron chi connectivity index (χ4n) is 2.52. The molecule has 0 radical (unpaired) electrons. The van der Waals surface area contributed by atoms with Crippen molar-refractivity contribution in [1.29, 1.82) is 0 Å². The molecule has 1 heterocycles. The van der Waals surface area contributed by atoms with Gasteiger partial charge < -0.3 is 5.21 Å². The highest BCUT2D eigenvalue weighted by Gasteiger charge is 2.36. The Hall–Kier alpha value is -0.660. The fourth-order valence-corrected chi connectivity index (χ4v) is 7.05. The number of benzene rings is 1. The number of hydrogen-bond acceptors (Lipinski definition) is 3. The van der Waals surface area contributed by atoms with Crippen LogP contribution in [0.2, 0.25) is 0 Å². The van der Waals surface area contributed by atoms with Gasteiger partial charge in [0.05, 0.1) is 5.71 Å². The van der Waals surface area contributed by atoms with Crippen molar-refractivity contribution in [2.24, 2.45) is 11.1 Å². The Morgan fingerprint density at radius 2 is 1.94 bits per heavy atom. The van der Waals surface area contributed by atoms with E-state index in [1.54, 1.807) is 0 Å². The lowest BCUT2D eigenvalue weighted by Gasteiger charge is -2.37. The first kappa shape index (κ1) is 12.8. The average Bonchev–Trinajstić information content (AvgIpc) is 2.35. The van der Waals surface area contributed by atoms with Gasteiger partial charge in [0.1, 0.15) is 0 Å². The van der Waals surface area contributed by atoms with Crippen molar-refractivity contribution >= 4 is 28.9 Å². The summed E-state index contributed by atoms with van der Waals surface area (Å²) in [4.78, 5) is 0. The number of nitrogens with zero attached hydrogens (tertiary/aromatic N) is 1. The lowest BCUT2D eigenvalue weighted by Crippen LogP contribution is -2.32. The number of oxime groups is 1. The second kappa shape index (κ2) is 4.91. The van der Waals surface area contributed by atoms with E-state index in [2.05, 4.69) is 43.3 Å². The highest BCUT2D eigenvalue weighted by atomic mass is 32.4. The second-order valence-electron chi connectivity index (χ2n) is 4.86. The Labute approximate surface area is 108 Å². The predicted octanol–water partition coefficient (Wildman–Crippen LogP) is 3.05. The zero-order chi connectivity index (χ0) is 12.5. The molecule has 1 aromatic rings. The Morgan fingerprint density at radius 3 is 2.53 bits per heavy atom. The minimum Gasteiger partial charge on any atom is -0.411 e. The van der Waals surface area contributed by atoms with Crippen LogP contribution in [0.25, 0.3) is 0 Å². The molecule has 92 valence electrons. The Kier molecular flexibility index (Phi) is 3.70. The molecule has 0 saturated carbocycles. The summed E-state index contributed by atoms with van der Waals surface area (Å²) < 4.78 is 0. The average molecular weight is 267 g/mol. The first-order valence-corrected chi connectivity index (χ1v) is 8.98. The first-order valence-electron chi connectivity index (χ1n) is 5.93. The van der Waals surface area contributed by atoms with E-state index >= 15 is 0 Å². The molecule has 0 unspecified atom stereocenters. The van der Waals surface area contributed by atoms with E-state index in [4.69, 9.17) is 17.0 Å². The monoisotopic (exact) mass is 267 g/mol. The summed E-state index contributed by atoms with van der Waals surface area (Å²) in [6.07, 6.45) is 1.82. The van der Waals surface area contributed by atoms with Crippen LogP contribution in [0.5, 0.6) is 0 Å². The summed E-state index contributed by atoms with van der Waals surface area (Å²) in [5.74, 6) is 0.308. The molecule has 0 aromatic heterocycles. The summed E-state index contributed by atoms with van der Waals surface area (Å²) >= 11 is 6.00. The van der Waals surface area contributed by atoms with Gasteiger partial charge in [0.15, 0.2) is 0 Å². The van der Waals surface area contributed by atoms with Crippen molar-refractivity contribution in [2.45, 2.75) is 25.9 Å². The fraction of sp³-hybridized carbons (Fsp3) is 0.462. The maximum atomic E-state index is 8.99. The lowest BCUT2D eigenvalue weighted by molar-refractivity contribution is 0.314. The topological polar surface area (TPSA) is 32.6 Å². The van der Waals surface area contributed by atoms with Crippen LogP contribution in [-0.4, -0.2) is 22.7 Å². The van der Waals surface area contributed by atoms with E-state index in [-0.39, 0.29) is 0 Å². The van der Waals surface area contributed by atoms with Gasteiger partial charge in [-0.3, -0.25) is 0 Å². The second-order valence-corrected chi connectivity index (χ2v) is 10.2. The van der Waals surface area contributed by atoms with Crippen LogP contribution in [0, 0.1) is 5.92 Å². The molecule has 1 aliphatic rings. The summed E-state index contributed by atoms with van der Waals surface area (Å²) in [7, 11) is 0. The smallest absolute Gasteiger partial charge is 0.0609 e. The molecular formula is C13H18NOPS. The van der Waals surface area contributed by atoms with Gasteiger partial charge in [-0.25, -0.2) is 0 Å². The zero-order valence-electron chi connectivity index (χ0n) is 10.2. The van der Waals surface area contributed by atoms with Gasteiger partial charge in [0.25, 0.3) is 0 Å². The third-order valence-corrected chi connectivity index (χ3v) is 9.68. The van der Waals surface area contributed by atoms with Crippen LogP contribution >= 0.6 is 6.04 Å². The van der Waals surface area contributed by atoms with Crippen molar-refractivity contribution in [1.82, 2.24) is 0 Å². The van der Waals surface area contributed by atoms with Crippen LogP contribution in [0.15, 0.2) is 35.5 Å². The minimum atomic E-state index is -1.52. The predicted molar refractivity (Wildman–Crippen MR) is 77.7 cm³/mol. The summed E-state index contributed by atoms with van der Waals surface area (Å²) in [6, 6.07) is 8.96. The first-order chi connectivity index (χ1) is 8.08. The third-order valence-electron chi connectivity index (χ3n) is 3.65.